The van der Waals surface area contributed by atoms with E-state index in [1.54, 1.807) is 12.0 Å². The molecule has 0 heterocycles. The summed E-state index contributed by atoms with van der Waals surface area (Å²) in [6, 6.07) is 12.0. The average Bonchev–Trinajstić information content (AvgIpc) is 3.50. The number of ether oxygens (including phenoxy) is 1. The van der Waals surface area contributed by atoms with Gasteiger partial charge in [-0.1, -0.05) is 12.1 Å². The van der Waals surface area contributed by atoms with Crippen molar-refractivity contribution in [2.24, 2.45) is 0 Å². The van der Waals surface area contributed by atoms with Crippen molar-refractivity contribution in [1.82, 2.24) is 9.62 Å². The van der Waals surface area contributed by atoms with Crippen LogP contribution in [0.4, 0.5) is 4.39 Å². The fraction of sp³-hybridized carbons (Fsp3) is 0.316. The van der Waals surface area contributed by atoms with E-state index in [1.165, 1.54) is 0 Å². The molecular formula is C19H21FN2O4S. The highest BCUT2D eigenvalue weighted by molar-refractivity contribution is 7.89. The van der Waals surface area contributed by atoms with Crippen molar-refractivity contribution in [2.75, 3.05) is 13.7 Å². The Bertz CT molecular complexity index is 894. The summed E-state index contributed by atoms with van der Waals surface area (Å²) in [5, 5.41) is 0. The third-order valence-corrected chi connectivity index (χ3v) is 5.77. The molecule has 0 atom stereocenters. The second kappa shape index (κ2) is 8.06. The highest BCUT2D eigenvalue weighted by Crippen LogP contribution is 2.28. The van der Waals surface area contributed by atoms with E-state index in [0.29, 0.717) is 6.54 Å². The zero-order chi connectivity index (χ0) is 19.4. The van der Waals surface area contributed by atoms with Crippen LogP contribution in [0, 0.1) is 5.82 Å². The van der Waals surface area contributed by atoms with Crippen LogP contribution in [0.3, 0.4) is 0 Å². The van der Waals surface area contributed by atoms with Gasteiger partial charge < -0.3 is 9.64 Å². The lowest BCUT2D eigenvalue weighted by atomic mass is 10.2. The fourth-order valence-corrected chi connectivity index (χ4v) is 3.66. The first-order valence-corrected chi connectivity index (χ1v) is 10.0. The van der Waals surface area contributed by atoms with Crippen molar-refractivity contribution in [3.8, 4) is 5.75 Å². The Morgan fingerprint density at radius 3 is 2.33 bits per heavy atom. The molecule has 0 spiro atoms. The minimum absolute atomic E-state index is 0.0789. The highest BCUT2D eigenvalue weighted by Gasteiger charge is 2.33. The van der Waals surface area contributed by atoms with Gasteiger partial charge in [-0.05, 0) is 54.8 Å². The van der Waals surface area contributed by atoms with E-state index in [2.05, 4.69) is 4.72 Å². The van der Waals surface area contributed by atoms with Crippen LogP contribution in [0.25, 0.3) is 0 Å². The van der Waals surface area contributed by atoms with Gasteiger partial charge in [0.2, 0.25) is 15.9 Å². The molecule has 1 fully saturated rings. The molecule has 6 nitrogen and oxygen atoms in total. The molecule has 3 rings (SSSR count). The van der Waals surface area contributed by atoms with Crippen LogP contribution in [0.15, 0.2) is 53.4 Å². The number of amides is 1. The molecule has 27 heavy (non-hydrogen) atoms. The molecule has 0 bridgehead atoms. The van der Waals surface area contributed by atoms with E-state index in [1.807, 2.05) is 24.3 Å². The molecule has 8 heteroatoms. The Morgan fingerprint density at radius 1 is 1.15 bits per heavy atom. The Hall–Kier alpha value is -2.45. The molecule has 1 aliphatic carbocycles. The van der Waals surface area contributed by atoms with Gasteiger partial charge in [0.15, 0.2) is 0 Å². The minimum atomic E-state index is -3.87. The number of nitrogens with zero attached hydrogens (tertiary/aromatic N) is 1. The third kappa shape index (κ3) is 5.05. The molecule has 0 aliphatic heterocycles. The summed E-state index contributed by atoms with van der Waals surface area (Å²) >= 11 is 0. The third-order valence-electron chi connectivity index (χ3n) is 4.36. The van der Waals surface area contributed by atoms with E-state index in [0.717, 1.165) is 48.4 Å². The number of methoxy groups -OCH3 is 1. The lowest BCUT2D eigenvalue weighted by Crippen LogP contribution is -2.41. The van der Waals surface area contributed by atoms with Crippen LogP contribution in [0.2, 0.25) is 0 Å². The van der Waals surface area contributed by atoms with Crippen LogP contribution in [-0.2, 0) is 21.4 Å². The molecule has 1 amide bonds. The molecule has 0 radical (unpaired) electrons. The first kappa shape index (κ1) is 19.3. The molecule has 1 saturated carbocycles. The zero-order valence-corrected chi connectivity index (χ0v) is 15.7. The van der Waals surface area contributed by atoms with E-state index in [4.69, 9.17) is 4.74 Å². The molecule has 0 saturated heterocycles. The smallest absolute Gasteiger partial charge is 0.241 e. The summed E-state index contributed by atoms with van der Waals surface area (Å²) in [5.74, 6) is -0.0847. The van der Waals surface area contributed by atoms with Crippen LogP contribution >= 0.6 is 0 Å². The zero-order valence-electron chi connectivity index (χ0n) is 14.9. The summed E-state index contributed by atoms with van der Waals surface area (Å²) in [6.07, 6.45) is 1.82. The van der Waals surface area contributed by atoms with Crippen molar-refractivity contribution in [3.05, 3.63) is 59.9 Å². The first-order chi connectivity index (χ1) is 12.9. The molecule has 0 unspecified atom stereocenters. The molecule has 0 aromatic heterocycles. The second-order valence-corrected chi connectivity index (χ2v) is 8.15. The monoisotopic (exact) mass is 392 g/mol. The Balaban J connectivity index is 1.64. The van der Waals surface area contributed by atoms with Crippen LogP contribution in [0.5, 0.6) is 5.75 Å². The van der Waals surface area contributed by atoms with Crippen LogP contribution in [0.1, 0.15) is 18.4 Å². The second-order valence-electron chi connectivity index (χ2n) is 6.38. The van der Waals surface area contributed by atoms with Gasteiger partial charge in [-0.3, -0.25) is 4.79 Å². The number of hydrogen-bond acceptors (Lipinski definition) is 4. The first-order valence-electron chi connectivity index (χ1n) is 8.56. The van der Waals surface area contributed by atoms with Gasteiger partial charge in [-0.2, -0.15) is 0 Å². The summed E-state index contributed by atoms with van der Waals surface area (Å²) in [6.45, 7) is 0.0676. The number of benzene rings is 2. The quantitative estimate of drug-likeness (QED) is 0.748. The number of halogens is 1. The van der Waals surface area contributed by atoms with Gasteiger partial charge in [0.25, 0.3) is 0 Å². The predicted octanol–water partition coefficient (Wildman–Crippen LogP) is 2.30. The molecule has 2 aromatic rings. The summed E-state index contributed by atoms with van der Waals surface area (Å²) in [5.41, 5.74) is 0.942. The Morgan fingerprint density at radius 2 is 1.78 bits per heavy atom. The maximum Gasteiger partial charge on any atom is 0.241 e. The van der Waals surface area contributed by atoms with Crippen molar-refractivity contribution in [3.63, 3.8) is 0 Å². The van der Waals surface area contributed by atoms with Crippen LogP contribution in [-0.4, -0.2) is 38.9 Å². The standard InChI is InChI=1S/C19H21FN2O4S/c1-26-17-8-2-14(3-9-17)13-22(16-6-7-16)19(23)12-21-27(24,25)18-10-4-15(20)5-11-18/h2-5,8-11,16,21H,6-7,12-13H2,1H3. The van der Waals surface area contributed by atoms with E-state index >= 15 is 0 Å². The summed E-state index contributed by atoms with van der Waals surface area (Å²) in [4.78, 5) is 14.2. The fourth-order valence-electron chi connectivity index (χ4n) is 2.69. The van der Waals surface area contributed by atoms with E-state index in [-0.39, 0.29) is 23.4 Å². The maximum absolute atomic E-state index is 13.0. The number of nitrogens with one attached hydrogen (secondary N) is 1. The molecular weight excluding hydrogens is 371 g/mol. The Kier molecular flexibility index (Phi) is 5.76. The SMILES string of the molecule is COc1ccc(CN(C(=O)CNS(=O)(=O)c2ccc(F)cc2)C2CC2)cc1. The van der Waals surface area contributed by atoms with Gasteiger partial charge in [-0.15, -0.1) is 0 Å². The lowest BCUT2D eigenvalue weighted by Gasteiger charge is -2.23. The van der Waals surface area contributed by atoms with Gasteiger partial charge in [0, 0.05) is 12.6 Å². The van der Waals surface area contributed by atoms with Gasteiger partial charge in [0.05, 0.1) is 18.6 Å². The Labute approximate surface area is 158 Å². The topological polar surface area (TPSA) is 75.7 Å². The van der Waals surface area contributed by atoms with Gasteiger partial charge in [0.1, 0.15) is 11.6 Å². The minimum Gasteiger partial charge on any atom is -0.497 e. The largest absolute Gasteiger partial charge is 0.497 e. The normalized spacial score (nSPS) is 14.0. The number of sulfonamides is 1. The number of carbonyl (C=O) groups excluding carboxylic acids is 1. The van der Waals surface area contributed by atoms with Crippen molar-refractivity contribution >= 4 is 15.9 Å². The van der Waals surface area contributed by atoms with Crippen molar-refractivity contribution < 1.29 is 22.3 Å². The molecule has 2 aromatic carbocycles. The predicted molar refractivity (Wildman–Crippen MR) is 98.2 cm³/mol. The summed E-state index contributed by atoms with van der Waals surface area (Å²) in [7, 11) is -2.29. The van der Waals surface area contributed by atoms with E-state index < -0.39 is 15.8 Å². The lowest BCUT2D eigenvalue weighted by molar-refractivity contribution is -0.131. The molecule has 144 valence electrons. The highest BCUT2D eigenvalue weighted by atomic mass is 32.2. The average molecular weight is 392 g/mol. The number of carbonyl (C=O) groups is 1. The van der Waals surface area contributed by atoms with Gasteiger partial charge >= 0.3 is 0 Å². The van der Waals surface area contributed by atoms with Gasteiger partial charge in [-0.25, -0.2) is 17.5 Å². The summed E-state index contributed by atoms with van der Waals surface area (Å²) < 4.78 is 44.9. The molecule has 1 N–H and O–H groups in total. The maximum atomic E-state index is 13.0. The van der Waals surface area contributed by atoms with Crippen molar-refractivity contribution in [1.29, 1.82) is 0 Å². The number of rotatable bonds is 8. The van der Waals surface area contributed by atoms with Crippen molar-refractivity contribution in [2.45, 2.75) is 30.3 Å². The van der Waals surface area contributed by atoms with Crippen LogP contribution < -0.4 is 9.46 Å². The number of hydrogen-bond donors (Lipinski definition) is 1. The van der Waals surface area contributed by atoms with E-state index in [9.17, 15) is 17.6 Å². The molecule has 1 aliphatic rings.